The Balaban J connectivity index is 0.00000288. The lowest BCUT2D eigenvalue weighted by Gasteiger charge is -2.15. The maximum absolute atomic E-state index is 12.9. The van der Waals surface area contributed by atoms with Gasteiger partial charge in [0, 0.05) is 39.9 Å². The average molecular weight is 442 g/mol. The SMILES string of the molecule is CN=C(NCc1ccc(F)cc1)NCc1cccc(N(C)C)c1.I. The van der Waals surface area contributed by atoms with Gasteiger partial charge in [0.15, 0.2) is 5.96 Å². The summed E-state index contributed by atoms with van der Waals surface area (Å²) in [6, 6.07) is 14.8. The van der Waals surface area contributed by atoms with Crippen molar-refractivity contribution in [1.29, 1.82) is 0 Å². The van der Waals surface area contributed by atoms with Gasteiger partial charge in [-0.15, -0.1) is 24.0 Å². The molecular formula is C18H24FIN4. The molecule has 0 saturated carbocycles. The lowest BCUT2D eigenvalue weighted by molar-refractivity contribution is 0.626. The fourth-order valence-electron chi connectivity index (χ4n) is 2.14. The second kappa shape index (κ2) is 10.1. The van der Waals surface area contributed by atoms with Crippen molar-refractivity contribution < 1.29 is 4.39 Å². The highest BCUT2D eigenvalue weighted by Crippen LogP contribution is 2.13. The predicted octanol–water partition coefficient (Wildman–Crippen LogP) is 3.37. The largest absolute Gasteiger partial charge is 0.378 e. The van der Waals surface area contributed by atoms with Crippen LogP contribution in [0.25, 0.3) is 0 Å². The first-order valence-corrected chi connectivity index (χ1v) is 7.53. The molecule has 0 amide bonds. The van der Waals surface area contributed by atoms with Crippen LogP contribution in [-0.2, 0) is 13.1 Å². The Morgan fingerprint density at radius 2 is 1.62 bits per heavy atom. The molecule has 0 heterocycles. The molecule has 0 bridgehead atoms. The van der Waals surface area contributed by atoms with E-state index in [0.717, 1.165) is 5.56 Å². The Morgan fingerprint density at radius 3 is 2.21 bits per heavy atom. The fraction of sp³-hybridized carbons (Fsp3) is 0.278. The monoisotopic (exact) mass is 442 g/mol. The van der Waals surface area contributed by atoms with Gasteiger partial charge in [-0.3, -0.25) is 4.99 Å². The van der Waals surface area contributed by atoms with Crippen LogP contribution in [0.2, 0.25) is 0 Å². The molecule has 0 radical (unpaired) electrons. The van der Waals surface area contributed by atoms with Gasteiger partial charge in [0.25, 0.3) is 0 Å². The molecule has 0 aromatic heterocycles. The van der Waals surface area contributed by atoms with E-state index in [0.29, 0.717) is 19.0 Å². The number of benzene rings is 2. The van der Waals surface area contributed by atoms with Crippen molar-refractivity contribution in [3.8, 4) is 0 Å². The van der Waals surface area contributed by atoms with E-state index < -0.39 is 0 Å². The van der Waals surface area contributed by atoms with E-state index in [9.17, 15) is 4.39 Å². The van der Waals surface area contributed by atoms with E-state index in [2.05, 4.69) is 38.7 Å². The van der Waals surface area contributed by atoms with Gasteiger partial charge in [-0.25, -0.2) is 4.39 Å². The number of rotatable bonds is 5. The molecule has 0 spiro atoms. The number of nitrogens with one attached hydrogen (secondary N) is 2. The zero-order valence-electron chi connectivity index (χ0n) is 14.2. The molecule has 6 heteroatoms. The molecule has 130 valence electrons. The summed E-state index contributed by atoms with van der Waals surface area (Å²) in [7, 11) is 5.78. The lowest BCUT2D eigenvalue weighted by Crippen LogP contribution is -2.36. The Hall–Kier alpha value is -1.83. The van der Waals surface area contributed by atoms with Gasteiger partial charge in [-0.1, -0.05) is 24.3 Å². The van der Waals surface area contributed by atoms with Gasteiger partial charge >= 0.3 is 0 Å². The van der Waals surface area contributed by atoms with Crippen molar-refractivity contribution in [1.82, 2.24) is 10.6 Å². The number of aliphatic imine (C=N–C) groups is 1. The maximum atomic E-state index is 12.9. The maximum Gasteiger partial charge on any atom is 0.191 e. The van der Waals surface area contributed by atoms with Gasteiger partial charge in [0.1, 0.15) is 5.82 Å². The van der Waals surface area contributed by atoms with Gasteiger partial charge in [0.2, 0.25) is 0 Å². The van der Waals surface area contributed by atoms with Crippen molar-refractivity contribution >= 4 is 35.6 Å². The molecule has 0 aliphatic heterocycles. The second-order valence-electron chi connectivity index (χ2n) is 5.47. The van der Waals surface area contributed by atoms with Crippen LogP contribution in [0.1, 0.15) is 11.1 Å². The third kappa shape index (κ3) is 6.35. The summed E-state index contributed by atoms with van der Waals surface area (Å²) in [5, 5.41) is 6.50. The Kier molecular flexibility index (Phi) is 8.53. The number of anilines is 1. The normalized spacial score (nSPS) is 10.8. The number of hydrogen-bond acceptors (Lipinski definition) is 2. The highest BCUT2D eigenvalue weighted by molar-refractivity contribution is 14.0. The van der Waals surface area contributed by atoms with Gasteiger partial charge in [0.05, 0.1) is 0 Å². The van der Waals surface area contributed by atoms with Crippen molar-refractivity contribution in [2.24, 2.45) is 4.99 Å². The summed E-state index contributed by atoms with van der Waals surface area (Å²) in [4.78, 5) is 6.28. The summed E-state index contributed by atoms with van der Waals surface area (Å²) < 4.78 is 12.9. The minimum Gasteiger partial charge on any atom is -0.378 e. The highest BCUT2D eigenvalue weighted by atomic mass is 127. The van der Waals surface area contributed by atoms with Crippen LogP contribution in [-0.4, -0.2) is 27.1 Å². The predicted molar refractivity (Wildman–Crippen MR) is 110 cm³/mol. The van der Waals surface area contributed by atoms with Gasteiger partial charge in [-0.05, 0) is 35.4 Å². The first-order valence-electron chi connectivity index (χ1n) is 7.53. The molecule has 0 atom stereocenters. The molecule has 24 heavy (non-hydrogen) atoms. The molecule has 0 aliphatic rings. The number of halogens is 2. The quantitative estimate of drug-likeness (QED) is 0.424. The van der Waals surface area contributed by atoms with Crippen LogP contribution >= 0.6 is 24.0 Å². The van der Waals surface area contributed by atoms with Gasteiger partial charge in [-0.2, -0.15) is 0 Å². The van der Waals surface area contributed by atoms with E-state index in [1.807, 2.05) is 20.2 Å². The summed E-state index contributed by atoms with van der Waals surface area (Å²) in [6.07, 6.45) is 0. The third-order valence-electron chi connectivity index (χ3n) is 3.48. The average Bonchev–Trinajstić information content (AvgIpc) is 2.57. The molecule has 0 fully saturated rings. The summed E-state index contributed by atoms with van der Waals surface area (Å²) >= 11 is 0. The van der Waals surface area contributed by atoms with Crippen LogP contribution in [0.15, 0.2) is 53.5 Å². The minimum atomic E-state index is -0.225. The minimum absolute atomic E-state index is 0. The molecule has 0 unspecified atom stereocenters. The molecule has 0 aliphatic carbocycles. The van der Waals surface area contributed by atoms with Crippen LogP contribution in [0.5, 0.6) is 0 Å². The van der Waals surface area contributed by atoms with Crippen LogP contribution in [0, 0.1) is 5.82 Å². The van der Waals surface area contributed by atoms with E-state index in [1.54, 1.807) is 19.2 Å². The molecule has 2 aromatic rings. The van der Waals surface area contributed by atoms with E-state index in [-0.39, 0.29) is 29.8 Å². The van der Waals surface area contributed by atoms with E-state index in [1.165, 1.54) is 23.4 Å². The Morgan fingerprint density at radius 1 is 1.00 bits per heavy atom. The van der Waals surface area contributed by atoms with Gasteiger partial charge < -0.3 is 15.5 Å². The Labute approximate surface area is 160 Å². The second-order valence-corrected chi connectivity index (χ2v) is 5.47. The molecule has 2 N–H and O–H groups in total. The van der Waals surface area contributed by atoms with E-state index in [4.69, 9.17) is 0 Å². The third-order valence-corrected chi connectivity index (χ3v) is 3.48. The first kappa shape index (κ1) is 20.2. The zero-order chi connectivity index (χ0) is 16.7. The zero-order valence-corrected chi connectivity index (χ0v) is 16.5. The fourth-order valence-corrected chi connectivity index (χ4v) is 2.14. The number of hydrogen-bond donors (Lipinski definition) is 2. The van der Waals surface area contributed by atoms with E-state index >= 15 is 0 Å². The van der Waals surface area contributed by atoms with Crippen molar-refractivity contribution in [2.75, 3.05) is 26.0 Å². The summed E-state index contributed by atoms with van der Waals surface area (Å²) in [6.45, 7) is 1.28. The molecular weight excluding hydrogens is 418 g/mol. The Bertz CT molecular complexity index is 656. The summed E-state index contributed by atoms with van der Waals surface area (Å²) in [5.74, 6) is 0.488. The highest BCUT2D eigenvalue weighted by Gasteiger charge is 2.01. The first-order chi connectivity index (χ1) is 11.1. The lowest BCUT2D eigenvalue weighted by atomic mass is 10.2. The smallest absolute Gasteiger partial charge is 0.191 e. The van der Waals surface area contributed by atoms with Crippen LogP contribution < -0.4 is 15.5 Å². The van der Waals surface area contributed by atoms with Crippen LogP contribution in [0.3, 0.4) is 0 Å². The summed E-state index contributed by atoms with van der Waals surface area (Å²) in [5.41, 5.74) is 3.35. The standard InChI is InChI=1S/C18H23FN4.HI/c1-20-18(21-12-14-7-9-16(19)10-8-14)22-13-15-5-4-6-17(11-15)23(2)3;/h4-11H,12-13H2,1-3H3,(H2,20,21,22);1H. The molecule has 0 saturated heterocycles. The van der Waals surface area contributed by atoms with Crippen molar-refractivity contribution in [3.05, 3.63) is 65.5 Å². The number of guanidine groups is 1. The number of nitrogens with zero attached hydrogens (tertiary/aromatic N) is 2. The van der Waals surface area contributed by atoms with Crippen molar-refractivity contribution in [3.63, 3.8) is 0 Å². The molecule has 2 aromatic carbocycles. The topological polar surface area (TPSA) is 39.7 Å². The molecule has 2 rings (SSSR count). The van der Waals surface area contributed by atoms with Crippen LogP contribution in [0.4, 0.5) is 10.1 Å². The van der Waals surface area contributed by atoms with Crippen molar-refractivity contribution in [2.45, 2.75) is 13.1 Å². The molecule has 4 nitrogen and oxygen atoms in total.